The molecule has 9 heavy (non-hydrogen) atoms. The average molecular weight is 124 g/mol. The monoisotopic (exact) mass is 124 g/mol. The molecule has 0 unspecified atom stereocenters. The Bertz CT molecular complexity index is 134. The van der Waals surface area contributed by atoms with Crippen LogP contribution in [0.2, 0.25) is 0 Å². The first-order valence-electron chi connectivity index (χ1n) is 2.86. The summed E-state index contributed by atoms with van der Waals surface area (Å²) in [5, 5.41) is 0. The minimum Gasteiger partial charge on any atom is -0.246 e. The molecule has 0 fully saturated rings. The second-order valence-corrected chi connectivity index (χ2v) is 2.10. The minimum atomic E-state index is 0.448. The predicted octanol–water partition coefficient (Wildman–Crippen LogP) is 1.89. The smallest absolute Gasteiger partial charge is 0.143 e. The van der Waals surface area contributed by atoms with Crippen molar-refractivity contribution < 1.29 is 0 Å². The fourth-order valence-electron chi connectivity index (χ4n) is 0.276. The summed E-state index contributed by atoms with van der Waals surface area (Å²) in [4.78, 5) is 7.41. The van der Waals surface area contributed by atoms with Gasteiger partial charge in [-0.2, -0.15) is 0 Å². The van der Waals surface area contributed by atoms with Crippen LogP contribution in [0, 0.1) is 5.92 Å². The van der Waals surface area contributed by atoms with Gasteiger partial charge in [-0.05, 0) is 12.6 Å². The molecule has 0 aromatic heterocycles. The number of rotatable bonds is 3. The molecular weight excluding hydrogens is 112 g/mol. The van der Waals surface area contributed by atoms with E-state index < -0.39 is 0 Å². The molecule has 2 heteroatoms. The van der Waals surface area contributed by atoms with Gasteiger partial charge >= 0.3 is 0 Å². The van der Waals surface area contributed by atoms with E-state index in [0.717, 1.165) is 0 Å². The van der Waals surface area contributed by atoms with Crippen LogP contribution < -0.4 is 0 Å². The maximum absolute atomic E-state index is 3.89. The normalized spacial score (nSPS) is 10.6. The Morgan fingerprint density at radius 2 is 2.11 bits per heavy atom. The van der Waals surface area contributed by atoms with Gasteiger partial charge in [0, 0.05) is 6.21 Å². The number of hydrogen-bond donors (Lipinski definition) is 0. The van der Waals surface area contributed by atoms with Gasteiger partial charge in [-0.1, -0.05) is 20.4 Å². The van der Waals surface area contributed by atoms with Crippen LogP contribution in [0.15, 0.2) is 22.4 Å². The van der Waals surface area contributed by atoms with Gasteiger partial charge in [-0.25, -0.2) is 9.98 Å². The van der Waals surface area contributed by atoms with Crippen molar-refractivity contribution in [1.29, 1.82) is 0 Å². The van der Waals surface area contributed by atoms with Crippen molar-refractivity contribution in [1.82, 2.24) is 0 Å². The van der Waals surface area contributed by atoms with Crippen molar-refractivity contribution in [2.24, 2.45) is 15.9 Å². The quantitative estimate of drug-likeness (QED) is 0.513. The van der Waals surface area contributed by atoms with Crippen molar-refractivity contribution in [3.63, 3.8) is 0 Å². The summed E-state index contributed by atoms with van der Waals surface area (Å²) < 4.78 is 0. The first-order valence-corrected chi connectivity index (χ1v) is 2.86. The third-order valence-electron chi connectivity index (χ3n) is 0.704. The van der Waals surface area contributed by atoms with Gasteiger partial charge in [0.1, 0.15) is 5.82 Å². The molecule has 0 spiro atoms. The molecule has 0 amide bonds. The average Bonchev–Trinajstić information content (AvgIpc) is 1.83. The third kappa shape index (κ3) is 4.94. The summed E-state index contributed by atoms with van der Waals surface area (Å²) in [5.41, 5.74) is 0. The summed E-state index contributed by atoms with van der Waals surface area (Å²) in [6, 6.07) is 0. The van der Waals surface area contributed by atoms with E-state index in [-0.39, 0.29) is 0 Å². The van der Waals surface area contributed by atoms with E-state index in [9.17, 15) is 0 Å². The Balaban J connectivity index is 3.70. The van der Waals surface area contributed by atoms with Gasteiger partial charge in [0.25, 0.3) is 0 Å². The van der Waals surface area contributed by atoms with Gasteiger partial charge in [0.05, 0.1) is 0 Å². The van der Waals surface area contributed by atoms with Crippen molar-refractivity contribution in [3.05, 3.63) is 12.4 Å². The highest BCUT2D eigenvalue weighted by Gasteiger charge is 1.83. The molecular formula is C7H12N2. The number of nitrogens with zero attached hydrogens (tertiary/aromatic N) is 2. The molecule has 0 rings (SSSR count). The van der Waals surface area contributed by atoms with Crippen LogP contribution in [0.3, 0.4) is 0 Å². The van der Waals surface area contributed by atoms with E-state index in [1.54, 1.807) is 6.21 Å². The fourth-order valence-corrected chi connectivity index (χ4v) is 0.276. The lowest BCUT2D eigenvalue weighted by molar-refractivity contribution is 0.904. The Morgan fingerprint density at radius 1 is 1.56 bits per heavy atom. The van der Waals surface area contributed by atoms with E-state index in [1.165, 1.54) is 0 Å². The lowest BCUT2D eigenvalue weighted by atomic mass is 10.2. The summed E-state index contributed by atoms with van der Waals surface area (Å²) in [6.07, 6.45) is 1.79. The number of hydrogen-bond acceptors (Lipinski definition) is 2. The minimum absolute atomic E-state index is 0.448. The molecule has 0 aliphatic rings. The standard InChI is InChI=1S/C7H12N2/c1-6(2)5-9-7(3)8-4/h5-6H,3-4H2,1-2H3. The Morgan fingerprint density at radius 3 is 2.44 bits per heavy atom. The highest BCUT2D eigenvalue weighted by Crippen LogP contribution is 1.93. The SMILES string of the molecule is C=NC(=C)N=CC(C)C. The third-order valence-corrected chi connectivity index (χ3v) is 0.704. The van der Waals surface area contributed by atoms with Crippen molar-refractivity contribution in [2.45, 2.75) is 13.8 Å². The highest BCUT2D eigenvalue weighted by molar-refractivity contribution is 5.61. The van der Waals surface area contributed by atoms with Gasteiger partial charge in [-0.3, -0.25) is 0 Å². The fraction of sp³-hybridized carbons (Fsp3) is 0.429. The molecule has 0 aliphatic carbocycles. The van der Waals surface area contributed by atoms with E-state index in [0.29, 0.717) is 11.7 Å². The molecule has 0 saturated carbocycles. The van der Waals surface area contributed by atoms with E-state index in [1.807, 2.05) is 13.8 Å². The molecule has 0 aromatic carbocycles. The maximum Gasteiger partial charge on any atom is 0.143 e. The summed E-state index contributed by atoms with van der Waals surface area (Å²) in [7, 11) is 0. The zero-order valence-corrected chi connectivity index (χ0v) is 5.96. The van der Waals surface area contributed by atoms with Crippen LogP contribution in [-0.4, -0.2) is 12.9 Å². The van der Waals surface area contributed by atoms with Crippen LogP contribution in [-0.2, 0) is 0 Å². The molecule has 0 radical (unpaired) electrons. The molecule has 0 N–H and O–H groups in total. The van der Waals surface area contributed by atoms with E-state index >= 15 is 0 Å². The van der Waals surface area contributed by atoms with Gasteiger partial charge in [0.15, 0.2) is 0 Å². The highest BCUT2D eigenvalue weighted by atomic mass is 14.9. The number of aliphatic imine (C=N–C) groups is 2. The zero-order valence-electron chi connectivity index (χ0n) is 5.96. The van der Waals surface area contributed by atoms with Crippen molar-refractivity contribution in [3.8, 4) is 0 Å². The molecule has 0 aliphatic heterocycles. The Kier molecular flexibility index (Phi) is 3.60. The van der Waals surface area contributed by atoms with Crippen LogP contribution in [0.4, 0.5) is 0 Å². The van der Waals surface area contributed by atoms with Crippen LogP contribution in [0.25, 0.3) is 0 Å². The summed E-state index contributed by atoms with van der Waals surface area (Å²) in [6.45, 7) is 10.9. The van der Waals surface area contributed by atoms with Crippen LogP contribution in [0.5, 0.6) is 0 Å². The summed E-state index contributed by atoms with van der Waals surface area (Å²) in [5.74, 6) is 0.923. The van der Waals surface area contributed by atoms with Crippen molar-refractivity contribution in [2.75, 3.05) is 0 Å². The predicted molar refractivity (Wildman–Crippen MR) is 42.0 cm³/mol. The first kappa shape index (κ1) is 8.08. The maximum atomic E-state index is 3.89. The molecule has 50 valence electrons. The molecule has 0 saturated heterocycles. The van der Waals surface area contributed by atoms with Gasteiger partial charge < -0.3 is 0 Å². The second-order valence-electron chi connectivity index (χ2n) is 2.10. The topological polar surface area (TPSA) is 24.7 Å². The Labute approximate surface area is 56.0 Å². The first-order chi connectivity index (χ1) is 4.16. The van der Waals surface area contributed by atoms with Crippen LogP contribution in [0.1, 0.15) is 13.8 Å². The van der Waals surface area contributed by atoms with Crippen molar-refractivity contribution >= 4 is 12.9 Å². The molecule has 2 nitrogen and oxygen atoms in total. The summed E-state index contributed by atoms with van der Waals surface area (Å²) >= 11 is 0. The van der Waals surface area contributed by atoms with E-state index in [2.05, 4.69) is 23.3 Å². The van der Waals surface area contributed by atoms with E-state index in [4.69, 9.17) is 0 Å². The zero-order chi connectivity index (χ0) is 7.28. The molecule has 0 heterocycles. The van der Waals surface area contributed by atoms with Crippen LogP contribution >= 0.6 is 0 Å². The molecule has 0 atom stereocenters. The second kappa shape index (κ2) is 4.01. The molecule has 0 bridgehead atoms. The lowest BCUT2D eigenvalue weighted by Crippen LogP contribution is -1.86. The Hall–Kier alpha value is -0.920. The largest absolute Gasteiger partial charge is 0.246 e. The lowest BCUT2D eigenvalue weighted by Gasteiger charge is -1.91. The van der Waals surface area contributed by atoms with Gasteiger partial charge in [-0.15, -0.1) is 0 Å². The molecule has 0 aromatic rings. The van der Waals surface area contributed by atoms with Gasteiger partial charge in [0.2, 0.25) is 0 Å².